The molecule has 0 nitrogen and oxygen atoms in total. The third-order valence-electron chi connectivity index (χ3n) is 3.00. The minimum atomic E-state index is 1.10. The minimum absolute atomic E-state index is 1.10. The molecule has 0 heteroatoms. The summed E-state index contributed by atoms with van der Waals surface area (Å²) in [6.45, 7) is 12.0. The molecule has 104 valence electrons. The van der Waals surface area contributed by atoms with Crippen LogP contribution in [-0.4, -0.2) is 0 Å². The first kappa shape index (κ1) is 16.0. The molecule has 0 aliphatic rings. The molecule has 2 rings (SSSR count). The van der Waals surface area contributed by atoms with Gasteiger partial charge < -0.3 is 0 Å². The van der Waals surface area contributed by atoms with Crippen molar-refractivity contribution in [3.8, 4) is 0 Å². The normalized spacial score (nSPS) is 9.30. The standard InChI is InChI=1S/C11H14.C9H10/c1-3-7-10(2)11-8-5-4-6-9-11;1-8(2)9-6-4-3-5-7-9/h4-6,8-9H,2-3,7H2,1H3;3-7H,1H2,2H3. The van der Waals surface area contributed by atoms with E-state index in [2.05, 4.69) is 56.5 Å². The second kappa shape index (κ2) is 8.92. The molecular formula is C20H24. The van der Waals surface area contributed by atoms with Gasteiger partial charge in [-0.05, 0) is 30.0 Å². The fourth-order valence-corrected chi connectivity index (χ4v) is 1.84. The number of benzene rings is 2. The van der Waals surface area contributed by atoms with Gasteiger partial charge in [0.05, 0.1) is 0 Å². The molecule has 0 saturated carbocycles. The number of hydrogen-bond acceptors (Lipinski definition) is 0. The maximum absolute atomic E-state index is 4.01. The van der Waals surface area contributed by atoms with Crippen LogP contribution in [0.2, 0.25) is 0 Å². The van der Waals surface area contributed by atoms with Crippen molar-refractivity contribution >= 4 is 11.1 Å². The van der Waals surface area contributed by atoms with Gasteiger partial charge in [-0.2, -0.15) is 0 Å². The lowest BCUT2D eigenvalue weighted by Crippen LogP contribution is -1.80. The van der Waals surface area contributed by atoms with E-state index in [0.29, 0.717) is 0 Å². The molecule has 0 aromatic heterocycles. The maximum atomic E-state index is 4.01. The number of allylic oxidation sites excluding steroid dienone is 2. The Bertz CT molecular complexity index is 520. The first-order valence-corrected chi connectivity index (χ1v) is 7.09. The molecule has 0 fully saturated rings. The van der Waals surface area contributed by atoms with E-state index in [-0.39, 0.29) is 0 Å². The van der Waals surface area contributed by atoms with Crippen LogP contribution in [0.4, 0.5) is 0 Å². The average Bonchev–Trinajstić information content (AvgIpc) is 2.50. The van der Waals surface area contributed by atoms with Crippen molar-refractivity contribution in [2.75, 3.05) is 0 Å². The molecular weight excluding hydrogens is 240 g/mol. The van der Waals surface area contributed by atoms with Crippen LogP contribution in [0.15, 0.2) is 73.8 Å². The topological polar surface area (TPSA) is 0 Å². The monoisotopic (exact) mass is 264 g/mol. The molecule has 0 heterocycles. The predicted octanol–water partition coefficient (Wildman–Crippen LogP) is 6.22. The summed E-state index contributed by atoms with van der Waals surface area (Å²) < 4.78 is 0. The molecule has 0 amide bonds. The molecule has 0 N–H and O–H groups in total. The van der Waals surface area contributed by atoms with Crippen LogP contribution in [0, 0.1) is 0 Å². The smallest absolute Gasteiger partial charge is 0.0230 e. The lowest BCUT2D eigenvalue weighted by atomic mass is 10.0. The third kappa shape index (κ3) is 5.71. The van der Waals surface area contributed by atoms with Crippen LogP contribution in [0.25, 0.3) is 11.1 Å². The minimum Gasteiger partial charge on any atom is -0.0955 e. The van der Waals surface area contributed by atoms with Crippen molar-refractivity contribution in [1.82, 2.24) is 0 Å². The maximum Gasteiger partial charge on any atom is -0.0230 e. The van der Waals surface area contributed by atoms with Crippen LogP contribution in [0.3, 0.4) is 0 Å². The Morgan fingerprint density at radius 2 is 1.25 bits per heavy atom. The second-order valence-corrected chi connectivity index (χ2v) is 4.87. The van der Waals surface area contributed by atoms with E-state index in [1.165, 1.54) is 23.1 Å². The van der Waals surface area contributed by atoms with Crippen LogP contribution in [0.5, 0.6) is 0 Å². The zero-order valence-electron chi connectivity index (χ0n) is 12.6. The highest BCUT2D eigenvalue weighted by Gasteiger charge is 1.94. The van der Waals surface area contributed by atoms with Crippen LogP contribution in [0.1, 0.15) is 37.8 Å². The van der Waals surface area contributed by atoms with Crippen molar-refractivity contribution in [3.05, 3.63) is 84.9 Å². The molecule has 0 aliphatic heterocycles. The summed E-state index contributed by atoms with van der Waals surface area (Å²) in [5.41, 5.74) is 4.86. The van der Waals surface area contributed by atoms with E-state index >= 15 is 0 Å². The quantitative estimate of drug-likeness (QED) is 0.615. The summed E-state index contributed by atoms with van der Waals surface area (Å²) in [7, 11) is 0. The SMILES string of the molecule is C=C(C)c1ccccc1.C=C(CCC)c1ccccc1. The Morgan fingerprint density at radius 1 is 0.800 bits per heavy atom. The van der Waals surface area contributed by atoms with E-state index in [4.69, 9.17) is 0 Å². The lowest BCUT2D eigenvalue weighted by Gasteiger charge is -2.02. The Kier molecular flexibility index (Phi) is 7.13. The summed E-state index contributed by atoms with van der Waals surface area (Å²) in [4.78, 5) is 0. The fourth-order valence-electron chi connectivity index (χ4n) is 1.84. The molecule has 0 atom stereocenters. The van der Waals surface area contributed by atoms with Crippen molar-refractivity contribution in [2.45, 2.75) is 26.7 Å². The Labute approximate surface area is 123 Å². The molecule has 0 aliphatic carbocycles. The summed E-state index contributed by atoms with van der Waals surface area (Å²) in [6.07, 6.45) is 2.28. The Balaban J connectivity index is 0.000000204. The van der Waals surface area contributed by atoms with Crippen molar-refractivity contribution < 1.29 is 0 Å². The summed E-state index contributed by atoms with van der Waals surface area (Å²) in [6, 6.07) is 20.5. The number of hydrogen-bond donors (Lipinski definition) is 0. The van der Waals surface area contributed by atoms with E-state index < -0.39 is 0 Å². The van der Waals surface area contributed by atoms with Gasteiger partial charge in [-0.25, -0.2) is 0 Å². The molecule has 20 heavy (non-hydrogen) atoms. The zero-order valence-corrected chi connectivity index (χ0v) is 12.6. The summed E-state index contributed by atoms with van der Waals surface area (Å²) >= 11 is 0. The Morgan fingerprint density at radius 3 is 1.60 bits per heavy atom. The largest absolute Gasteiger partial charge is 0.0955 e. The van der Waals surface area contributed by atoms with Gasteiger partial charge in [0.25, 0.3) is 0 Å². The molecule has 2 aromatic carbocycles. The predicted molar refractivity (Wildman–Crippen MR) is 91.5 cm³/mol. The van der Waals surface area contributed by atoms with E-state index in [1.54, 1.807) is 0 Å². The summed E-state index contributed by atoms with van der Waals surface area (Å²) in [5.74, 6) is 0. The average molecular weight is 264 g/mol. The first-order valence-electron chi connectivity index (χ1n) is 7.09. The number of rotatable bonds is 4. The van der Waals surface area contributed by atoms with Crippen LogP contribution in [-0.2, 0) is 0 Å². The molecule has 2 aromatic rings. The van der Waals surface area contributed by atoms with Gasteiger partial charge >= 0.3 is 0 Å². The third-order valence-corrected chi connectivity index (χ3v) is 3.00. The van der Waals surface area contributed by atoms with Crippen LogP contribution < -0.4 is 0 Å². The molecule has 0 unspecified atom stereocenters. The van der Waals surface area contributed by atoms with Crippen molar-refractivity contribution in [2.24, 2.45) is 0 Å². The van der Waals surface area contributed by atoms with E-state index in [1.807, 2.05) is 31.2 Å². The highest BCUT2D eigenvalue weighted by molar-refractivity contribution is 5.62. The van der Waals surface area contributed by atoms with Gasteiger partial charge in [-0.3, -0.25) is 0 Å². The fraction of sp³-hybridized carbons (Fsp3) is 0.200. The lowest BCUT2D eigenvalue weighted by molar-refractivity contribution is 0.975. The summed E-state index contributed by atoms with van der Waals surface area (Å²) in [5, 5.41) is 0. The molecule has 0 spiro atoms. The first-order chi connectivity index (χ1) is 9.65. The van der Waals surface area contributed by atoms with Gasteiger partial charge in [0.1, 0.15) is 0 Å². The Hall–Kier alpha value is -2.08. The van der Waals surface area contributed by atoms with Gasteiger partial charge in [0, 0.05) is 0 Å². The zero-order chi connectivity index (χ0) is 14.8. The van der Waals surface area contributed by atoms with E-state index in [0.717, 1.165) is 12.0 Å². The van der Waals surface area contributed by atoms with Gasteiger partial charge in [-0.15, -0.1) is 0 Å². The highest BCUT2D eigenvalue weighted by Crippen LogP contribution is 2.16. The molecule has 0 saturated heterocycles. The van der Waals surface area contributed by atoms with E-state index in [9.17, 15) is 0 Å². The van der Waals surface area contributed by atoms with Crippen LogP contribution >= 0.6 is 0 Å². The van der Waals surface area contributed by atoms with Gasteiger partial charge in [0.2, 0.25) is 0 Å². The van der Waals surface area contributed by atoms with Gasteiger partial charge in [0.15, 0.2) is 0 Å². The second-order valence-electron chi connectivity index (χ2n) is 4.87. The molecule has 0 radical (unpaired) electrons. The van der Waals surface area contributed by atoms with Gasteiger partial charge in [-0.1, -0.05) is 92.7 Å². The molecule has 0 bridgehead atoms. The highest BCUT2D eigenvalue weighted by atomic mass is 14.0. The van der Waals surface area contributed by atoms with Crippen molar-refractivity contribution in [1.29, 1.82) is 0 Å². The van der Waals surface area contributed by atoms with Crippen molar-refractivity contribution in [3.63, 3.8) is 0 Å².